The molecule has 2 rings (SSSR count). The summed E-state index contributed by atoms with van der Waals surface area (Å²) in [6.07, 6.45) is 7.73. The zero-order valence-electron chi connectivity index (χ0n) is 11.4. The van der Waals surface area contributed by atoms with Crippen LogP contribution in [0.5, 0.6) is 0 Å². The number of nitrogens with one attached hydrogen (secondary N) is 1. The van der Waals surface area contributed by atoms with Crippen molar-refractivity contribution in [3.8, 4) is 0 Å². The van der Waals surface area contributed by atoms with E-state index in [1.807, 2.05) is 12.1 Å². The lowest BCUT2D eigenvalue weighted by Crippen LogP contribution is -2.34. The third kappa shape index (κ3) is 4.76. The molecule has 0 heterocycles. The summed E-state index contributed by atoms with van der Waals surface area (Å²) in [6.45, 7) is 0.832. The minimum Gasteiger partial charge on any atom is -0.481 e. The number of carboxylic acids is 1. The van der Waals surface area contributed by atoms with E-state index in [2.05, 4.69) is 45.5 Å². The molecule has 3 nitrogen and oxygen atoms in total. The normalized spacial score (nSPS) is 23.1. The Hall–Kier alpha value is -1.13. The molecule has 0 radical (unpaired) electrons. The number of rotatable bonds is 5. The summed E-state index contributed by atoms with van der Waals surface area (Å²) in [5, 5.41) is 12.4. The number of halogens is 1. The Morgan fingerprint density at radius 2 is 1.90 bits per heavy atom. The van der Waals surface area contributed by atoms with Crippen molar-refractivity contribution in [2.75, 3.05) is 6.54 Å². The third-order valence-corrected chi connectivity index (χ3v) is 4.31. The van der Waals surface area contributed by atoms with E-state index < -0.39 is 5.97 Å². The van der Waals surface area contributed by atoms with Gasteiger partial charge in [0.1, 0.15) is 0 Å². The van der Waals surface area contributed by atoms with Gasteiger partial charge in [0.2, 0.25) is 0 Å². The highest BCUT2D eigenvalue weighted by atomic mass is 79.9. The number of hydrogen-bond donors (Lipinski definition) is 2. The van der Waals surface area contributed by atoms with Crippen molar-refractivity contribution < 1.29 is 9.90 Å². The maximum atomic E-state index is 10.9. The van der Waals surface area contributed by atoms with Crippen LogP contribution in [-0.2, 0) is 4.79 Å². The first-order valence-electron chi connectivity index (χ1n) is 7.03. The van der Waals surface area contributed by atoms with E-state index in [0.717, 1.165) is 36.7 Å². The van der Waals surface area contributed by atoms with Crippen molar-refractivity contribution >= 4 is 28.0 Å². The van der Waals surface area contributed by atoms with Gasteiger partial charge in [-0.2, -0.15) is 0 Å². The van der Waals surface area contributed by atoms with Crippen LogP contribution >= 0.6 is 15.9 Å². The molecule has 0 bridgehead atoms. The van der Waals surface area contributed by atoms with Crippen molar-refractivity contribution in [1.29, 1.82) is 0 Å². The van der Waals surface area contributed by atoms with Gasteiger partial charge in [-0.25, -0.2) is 0 Å². The third-order valence-electron chi connectivity index (χ3n) is 3.78. The Morgan fingerprint density at radius 1 is 1.25 bits per heavy atom. The molecule has 2 N–H and O–H groups in total. The van der Waals surface area contributed by atoms with Crippen LogP contribution in [0.1, 0.15) is 31.2 Å². The summed E-state index contributed by atoms with van der Waals surface area (Å²) in [5.41, 5.74) is 1.18. The molecule has 0 saturated heterocycles. The molecule has 1 fully saturated rings. The Morgan fingerprint density at radius 3 is 2.50 bits per heavy atom. The van der Waals surface area contributed by atoms with Crippen LogP contribution < -0.4 is 5.32 Å². The molecule has 1 aromatic carbocycles. The first kappa shape index (κ1) is 15.3. The van der Waals surface area contributed by atoms with Gasteiger partial charge in [-0.15, -0.1) is 0 Å². The fraction of sp³-hybridized carbons (Fsp3) is 0.438. The molecule has 20 heavy (non-hydrogen) atoms. The molecule has 1 aliphatic carbocycles. The molecule has 0 aromatic heterocycles. The monoisotopic (exact) mass is 337 g/mol. The van der Waals surface area contributed by atoms with Gasteiger partial charge in [-0.1, -0.05) is 40.2 Å². The van der Waals surface area contributed by atoms with E-state index in [1.165, 1.54) is 5.56 Å². The molecule has 0 amide bonds. The fourth-order valence-electron chi connectivity index (χ4n) is 2.55. The van der Waals surface area contributed by atoms with Crippen molar-refractivity contribution in [3.63, 3.8) is 0 Å². The summed E-state index contributed by atoms with van der Waals surface area (Å²) in [4.78, 5) is 10.9. The van der Waals surface area contributed by atoms with Crippen LogP contribution in [-0.4, -0.2) is 23.7 Å². The van der Waals surface area contributed by atoms with Crippen molar-refractivity contribution in [2.24, 2.45) is 5.92 Å². The second-order valence-corrected chi connectivity index (χ2v) is 6.16. The highest BCUT2D eigenvalue weighted by Gasteiger charge is 2.25. The van der Waals surface area contributed by atoms with E-state index in [-0.39, 0.29) is 5.92 Å². The van der Waals surface area contributed by atoms with E-state index in [1.54, 1.807) is 0 Å². The minimum absolute atomic E-state index is 0.133. The molecular formula is C16H20BrNO2. The maximum absolute atomic E-state index is 10.9. The molecule has 1 aliphatic rings. The van der Waals surface area contributed by atoms with Gasteiger partial charge in [0, 0.05) is 17.1 Å². The second kappa shape index (κ2) is 7.60. The number of aliphatic carboxylic acids is 1. The molecule has 1 aromatic rings. The van der Waals surface area contributed by atoms with E-state index in [9.17, 15) is 4.79 Å². The first-order chi connectivity index (χ1) is 9.65. The molecule has 0 spiro atoms. The standard InChI is InChI=1S/C16H20BrNO2/c17-14-7-3-12(4-8-14)2-1-11-18-15-9-5-13(6-10-15)16(19)20/h1-4,7-8,13,15,18H,5-6,9-11H2,(H,19,20)/b2-1+. The lowest BCUT2D eigenvalue weighted by molar-refractivity contribution is -0.142. The highest BCUT2D eigenvalue weighted by Crippen LogP contribution is 2.24. The van der Waals surface area contributed by atoms with Gasteiger partial charge < -0.3 is 10.4 Å². The summed E-state index contributed by atoms with van der Waals surface area (Å²) in [5.74, 6) is -0.773. The molecule has 108 valence electrons. The van der Waals surface area contributed by atoms with E-state index in [4.69, 9.17) is 5.11 Å². The molecular weight excluding hydrogens is 318 g/mol. The van der Waals surface area contributed by atoms with Crippen LogP contribution in [0.4, 0.5) is 0 Å². The quantitative estimate of drug-likeness (QED) is 0.861. The Labute approximate surface area is 128 Å². The zero-order valence-corrected chi connectivity index (χ0v) is 13.0. The topological polar surface area (TPSA) is 49.3 Å². The summed E-state index contributed by atoms with van der Waals surface area (Å²) in [7, 11) is 0. The van der Waals surface area contributed by atoms with Gasteiger partial charge in [0.25, 0.3) is 0 Å². The molecule has 1 saturated carbocycles. The zero-order chi connectivity index (χ0) is 14.4. The van der Waals surface area contributed by atoms with Crippen LogP contribution in [0, 0.1) is 5.92 Å². The lowest BCUT2D eigenvalue weighted by atomic mass is 9.86. The van der Waals surface area contributed by atoms with Crippen LogP contribution in [0.25, 0.3) is 6.08 Å². The summed E-state index contributed by atoms with van der Waals surface area (Å²) < 4.78 is 1.09. The Balaban J connectivity index is 1.69. The first-order valence-corrected chi connectivity index (χ1v) is 7.83. The van der Waals surface area contributed by atoms with Crippen LogP contribution in [0.3, 0.4) is 0 Å². The molecule has 4 heteroatoms. The summed E-state index contributed by atoms with van der Waals surface area (Å²) >= 11 is 3.42. The van der Waals surface area contributed by atoms with E-state index >= 15 is 0 Å². The number of carboxylic acid groups (broad SMARTS) is 1. The number of hydrogen-bond acceptors (Lipinski definition) is 2. The van der Waals surface area contributed by atoms with Crippen molar-refractivity contribution in [2.45, 2.75) is 31.7 Å². The average Bonchev–Trinajstić information content (AvgIpc) is 2.46. The van der Waals surface area contributed by atoms with Crippen LogP contribution in [0.15, 0.2) is 34.8 Å². The number of carbonyl (C=O) groups is 1. The van der Waals surface area contributed by atoms with Crippen molar-refractivity contribution in [1.82, 2.24) is 5.32 Å². The van der Waals surface area contributed by atoms with Crippen LogP contribution in [0.2, 0.25) is 0 Å². The average molecular weight is 338 g/mol. The predicted molar refractivity (Wildman–Crippen MR) is 84.6 cm³/mol. The van der Waals surface area contributed by atoms with E-state index in [0.29, 0.717) is 6.04 Å². The van der Waals surface area contributed by atoms with Gasteiger partial charge in [0.05, 0.1) is 5.92 Å². The van der Waals surface area contributed by atoms with Crippen molar-refractivity contribution in [3.05, 3.63) is 40.4 Å². The highest BCUT2D eigenvalue weighted by molar-refractivity contribution is 9.10. The maximum Gasteiger partial charge on any atom is 0.306 e. The SMILES string of the molecule is O=C(O)C1CCC(NC/C=C/c2ccc(Br)cc2)CC1. The molecule has 0 unspecified atom stereocenters. The smallest absolute Gasteiger partial charge is 0.306 e. The molecule has 0 aliphatic heterocycles. The van der Waals surface area contributed by atoms with Gasteiger partial charge in [-0.05, 0) is 43.4 Å². The molecule has 0 atom stereocenters. The summed E-state index contributed by atoms with van der Waals surface area (Å²) in [6, 6.07) is 8.65. The second-order valence-electron chi connectivity index (χ2n) is 5.25. The Kier molecular flexibility index (Phi) is 5.80. The largest absolute Gasteiger partial charge is 0.481 e. The predicted octanol–water partition coefficient (Wildman–Crippen LogP) is 3.70. The van der Waals surface area contributed by atoms with Gasteiger partial charge in [-0.3, -0.25) is 4.79 Å². The van der Waals surface area contributed by atoms with Gasteiger partial charge in [0.15, 0.2) is 0 Å². The lowest BCUT2D eigenvalue weighted by Gasteiger charge is -2.26. The van der Waals surface area contributed by atoms with Gasteiger partial charge >= 0.3 is 5.97 Å². The fourth-order valence-corrected chi connectivity index (χ4v) is 2.81. The number of benzene rings is 1. The Bertz CT molecular complexity index is 462. The minimum atomic E-state index is -0.640.